The number of carbonyl (C=O) groups is 1. The number of hydrogen-bond acceptors (Lipinski definition) is 3. The van der Waals surface area contributed by atoms with Crippen LogP contribution >= 0.6 is 0 Å². The molecule has 2 aliphatic rings. The molecule has 0 aromatic carbocycles. The van der Waals surface area contributed by atoms with Crippen molar-refractivity contribution < 1.29 is 4.79 Å². The first-order valence-electron chi connectivity index (χ1n) is 5.33. The van der Waals surface area contributed by atoms with E-state index < -0.39 is 0 Å². The zero-order valence-electron chi connectivity index (χ0n) is 8.99. The lowest BCUT2D eigenvalue weighted by molar-refractivity contribution is -0.138. The summed E-state index contributed by atoms with van der Waals surface area (Å²) in [6.07, 6.45) is 3.05. The molecule has 1 atom stereocenters. The molecule has 0 bridgehead atoms. The fourth-order valence-corrected chi connectivity index (χ4v) is 2.15. The highest BCUT2D eigenvalue weighted by molar-refractivity contribution is 5.80. The minimum Gasteiger partial charge on any atom is -0.330 e. The predicted octanol–water partition coefficient (Wildman–Crippen LogP) is 0.193. The van der Waals surface area contributed by atoms with E-state index in [0.717, 1.165) is 6.54 Å². The summed E-state index contributed by atoms with van der Waals surface area (Å²) in [5.41, 5.74) is 5.77. The fourth-order valence-electron chi connectivity index (χ4n) is 2.15. The monoisotopic (exact) mass is 197 g/mol. The molecule has 1 amide bonds. The van der Waals surface area contributed by atoms with Crippen molar-refractivity contribution >= 4 is 5.91 Å². The van der Waals surface area contributed by atoms with Crippen LogP contribution < -0.4 is 5.73 Å². The van der Waals surface area contributed by atoms with Crippen LogP contribution in [0.2, 0.25) is 0 Å². The third-order valence-corrected chi connectivity index (χ3v) is 3.53. The van der Waals surface area contributed by atoms with Crippen molar-refractivity contribution in [2.24, 2.45) is 11.7 Å². The second kappa shape index (κ2) is 3.21. The summed E-state index contributed by atoms with van der Waals surface area (Å²) < 4.78 is 0. The molecule has 1 saturated heterocycles. The quantitative estimate of drug-likeness (QED) is 0.703. The molecule has 80 valence electrons. The van der Waals surface area contributed by atoms with Gasteiger partial charge in [0, 0.05) is 25.6 Å². The van der Waals surface area contributed by atoms with Crippen molar-refractivity contribution in [1.29, 1.82) is 0 Å². The Kier molecular flexibility index (Phi) is 2.27. The zero-order chi connectivity index (χ0) is 10.3. The Bertz CT molecular complexity index is 250. The lowest BCUT2D eigenvalue weighted by atomic mass is 10.2. The third-order valence-electron chi connectivity index (χ3n) is 3.53. The normalized spacial score (nSPS) is 27.4. The highest BCUT2D eigenvalue weighted by Gasteiger charge is 2.56. The van der Waals surface area contributed by atoms with Crippen LogP contribution in [0.1, 0.15) is 26.2 Å². The first-order chi connectivity index (χ1) is 6.59. The average Bonchev–Trinajstić information content (AvgIpc) is 2.89. The Morgan fingerprint density at radius 2 is 2.21 bits per heavy atom. The van der Waals surface area contributed by atoms with E-state index in [2.05, 4.69) is 11.9 Å². The van der Waals surface area contributed by atoms with Crippen LogP contribution in [-0.4, -0.2) is 41.6 Å². The van der Waals surface area contributed by atoms with Gasteiger partial charge in [0.15, 0.2) is 0 Å². The van der Waals surface area contributed by atoms with E-state index in [4.69, 9.17) is 5.73 Å². The number of rotatable bonds is 3. The van der Waals surface area contributed by atoms with Gasteiger partial charge in [-0.15, -0.1) is 0 Å². The molecule has 0 aromatic heterocycles. The van der Waals surface area contributed by atoms with Crippen LogP contribution in [0, 0.1) is 5.92 Å². The van der Waals surface area contributed by atoms with Gasteiger partial charge in [0.05, 0.1) is 0 Å². The molecule has 1 heterocycles. The fraction of sp³-hybridized carbons (Fsp3) is 0.900. The van der Waals surface area contributed by atoms with Crippen molar-refractivity contribution in [2.75, 3.05) is 20.1 Å². The highest BCUT2D eigenvalue weighted by atomic mass is 16.2. The van der Waals surface area contributed by atoms with Gasteiger partial charge in [-0.25, -0.2) is 5.01 Å². The lowest BCUT2D eigenvalue weighted by Gasteiger charge is -2.30. The van der Waals surface area contributed by atoms with Crippen LogP contribution in [0.5, 0.6) is 0 Å². The standard InChI is InChI=1S/C10H19N3O/c1-8(6-11)7-13-9(14)5-10(3-4-10)12(13)2/h8H,3-7,11H2,1-2H3. The largest absolute Gasteiger partial charge is 0.330 e. The SMILES string of the molecule is CC(CN)CN1C(=O)CC2(CC2)N1C. The molecule has 14 heavy (non-hydrogen) atoms. The summed E-state index contributed by atoms with van der Waals surface area (Å²) in [6, 6.07) is 0. The molecule has 1 aliphatic heterocycles. The predicted molar refractivity (Wildman–Crippen MR) is 54.3 cm³/mol. The van der Waals surface area contributed by atoms with Crippen LogP contribution in [0.4, 0.5) is 0 Å². The van der Waals surface area contributed by atoms with Crippen LogP contribution in [-0.2, 0) is 4.79 Å². The second-order valence-electron chi connectivity index (χ2n) is 4.74. The Morgan fingerprint density at radius 3 is 2.64 bits per heavy atom. The number of hydrogen-bond donors (Lipinski definition) is 1. The Labute approximate surface area is 85.0 Å². The maximum atomic E-state index is 11.7. The Hall–Kier alpha value is -0.610. The summed E-state index contributed by atoms with van der Waals surface area (Å²) in [6.45, 7) is 3.50. The van der Waals surface area contributed by atoms with Gasteiger partial charge in [0.25, 0.3) is 0 Å². The number of nitrogens with zero attached hydrogens (tertiary/aromatic N) is 2. The van der Waals surface area contributed by atoms with Gasteiger partial charge < -0.3 is 5.73 Å². The number of carbonyl (C=O) groups excluding carboxylic acids is 1. The van der Waals surface area contributed by atoms with Crippen molar-refractivity contribution in [2.45, 2.75) is 31.7 Å². The first-order valence-corrected chi connectivity index (χ1v) is 5.33. The van der Waals surface area contributed by atoms with Crippen molar-refractivity contribution in [1.82, 2.24) is 10.0 Å². The highest BCUT2D eigenvalue weighted by Crippen LogP contribution is 2.48. The lowest BCUT2D eigenvalue weighted by Crippen LogP contribution is -2.43. The van der Waals surface area contributed by atoms with E-state index >= 15 is 0 Å². The second-order valence-corrected chi connectivity index (χ2v) is 4.74. The van der Waals surface area contributed by atoms with Crippen molar-refractivity contribution in [3.63, 3.8) is 0 Å². The maximum Gasteiger partial charge on any atom is 0.238 e. The van der Waals surface area contributed by atoms with Gasteiger partial charge >= 0.3 is 0 Å². The van der Waals surface area contributed by atoms with Gasteiger partial charge in [0.1, 0.15) is 0 Å². The molecule has 2 rings (SSSR count). The van der Waals surface area contributed by atoms with Gasteiger partial charge in [-0.3, -0.25) is 9.80 Å². The minimum absolute atomic E-state index is 0.200. The van der Waals surface area contributed by atoms with Gasteiger partial charge in [-0.05, 0) is 25.3 Å². The molecule has 0 aromatic rings. The van der Waals surface area contributed by atoms with Crippen molar-refractivity contribution in [3.8, 4) is 0 Å². The van der Waals surface area contributed by atoms with Crippen LogP contribution in [0.3, 0.4) is 0 Å². The zero-order valence-corrected chi connectivity index (χ0v) is 8.99. The Morgan fingerprint density at radius 1 is 1.57 bits per heavy atom. The van der Waals surface area contributed by atoms with E-state index in [0.29, 0.717) is 18.9 Å². The molecule has 1 aliphatic carbocycles. The minimum atomic E-state index is 0.200. The van der Waals surface area contributed by atoms with Gasteiger partial charge in [-0.2, -0.15) is 0 Å². The molecule has 4 nitrogen and oxygen atoms in total. The third kappa shape index (κ3) is 1.42. The number of nitrogens with two attached hydrogens (primary N) is 1. The average molecular weight is 197 g/mol. The van der Waals surface area contributed by atoms with E-state index in [1.54, 1.807) is 0 Å². The molecule has 2 N–H and O–H groups in total. The van der Waals surface area contributed by atoms with Crippen LogP contribution in [0.25, 0.3) is 0 Å². The molecule has 1 saturated carbocycles. The number of hydrazine groups is 1. The van der Waals surface area contributed by atoms with Crippen LogP contribution in [0.15, 0.2) is 0 Å². The molecular weight excluding hydrogens is 178 g/mol. The summed E-state index contributed by atoms with van der Waals surface area (Å²) in [4.78, 5) is 11.7. The van der Waals surface area contributed by atoms with Gasteiger partial charge in [0.2, 0.25) is 5.91 Å². The molecule has 2 fully saturated rings. The maximum absolute atomic E-state index is 11.7. The number of amides is 1. The summed E-state index contributed by atoms with van der Waals surface area (Å²) >= 11 is 0. The first kappa shape index (κ1) is 9.93. The summed E-state index contributed by atoms with van der Waals surface area (Å²) in [7, 11) is 2.03. The molecule has 1 spiro atoms. The Balaban J connectivity index is 2.01. The van der Waals surface area contributed by atoms with E-state index in [-0.39, 0.29) is 11.4 Å². The summed E-state index contributed by atoms with van der Waals surface area (Å²) in [5.74, 6) is 0.653. The van der Waals surface area contributed by atoms with E-state index in [9.17, 15) is 4.79 Å². The van der Waals surface area contributed by atoms with Crippen molar-refractivity contribution in [3.05, 3.63) is 0 Å². The molecule has 0 radical (unpaired) electrons. The molecule has 4 heteroatoms. The smallest absolute Gasteiger partial charge is 0.238 e. The van der Waals surface area contributed by atoms with Gasteiger partial charge in [-0.1, -0.05) is 6.92 Å². The summed E-state index contributed by atoms with van der Waals surface area (Å²) in [5, 5.41) is 4.02. The van der Waals surface area contributed by atoms with E-state index in [1.807, 2.05) is 12.1 Å². The molecular formula is C10H19N3O. The van der Waals surface area contributed by atoms with E-state index in [1.165, 1.54) is 12.8 Å². The molecule has 1 unspecified atom stereocenters. The topological polar surface area (TPSA) is 49.6 Å².